The molecule has 1 unspecified atom stereocenters. The second kappa shape index (κ2) is 7.59. The fourth-order valence-corrected chi connectivity index (χ4v) is 4.80. The van der Waals surface area contributed by atoms with Crippen LogP contribution in [0.1, 0.15) is 39.4 Å². The van der Waals surface area contributed by atoms with E-state index in [0.29, 0.717) is 5.56 Å². The van der Waals surface area contributed by atoms with Gasteiger partial charge in [-0.2, -0.15) is 0 Å². The van der Waals surface area contributed by atoms with Crippen molar-refractivity contribution in [3.8, 4) is 11.5 Å². The predicted molar refractivity (Wildman–Crippen MR) is 121 cm³/mol. The lowest BCUT2D eigenvalue weighted by Crippen LogP contribution is -2.22. The first-order chi connectivity index (χ1) is 16.8. The Hall–Kier alpha value is -4.33. The highest BCUT2D eigenvalue weighted by Gasteiger charge is 2.39. The summed E-state index contributed by atoms with van der Waals surface area (Å²) in [6.45, 7) is 0. The number of carbonyl (C=O) groups excluding carboxylic acids is 2. The van der Waals surface area contributed by atoms with E-state index in [9.17, 15) is 22.8 Å². The zero-order chi connectivity index (χ0) is 24.4. The van der Waals surface area contributed by atoms with E-state index in [1.54, 1.807) is 6.08 Å². The van der Waals surface area contributed by atoms with E-state index < -0.39 is 29.3 Å². The molecule has 0 saturated heterocycles. The summed E-state index contributed by atoms with van der Waals surface area (Å²) >= 11 is 0. The van der Waals surface area contributed by atoms with Crippen molar-refractivity contribution in [3.63, 3.8) is 0 Å². The number of aryl methyl sites for hydroxylation is 1. The van der Waals surface area contributed by atoms with Crippen molar-refractivity contribution in [2.24, 2.45) is 7.05 Å². The molecule has 1 aromatic heterocycles. The van der Waals surface area contributed by atoms with E-state index >= 15 is 0 Å². The number of esters is 1. The highest BCUT2D eigenvalue weighted by atomic mass is 19.2. The van der Waals surface area contributed by atoms with Crippen LogP contribution in [0.2, 0.25) is 0 Å². The summed E-state index contributed by atoms with van der Waals surface area (Å²) < 4.78 is 54.9. The van der Waals surface area contributed by atoms with Crippen molar-refractivity contribution in [1.29, 1.82) is 0 Å². The van der Waals surface area contributed by atoms with Gasteiger partial charge in [-0.25, -0.2) is 13.2 Å². The van der Waals surface area contributed by atoms with Crippen LogP contribution in [0.25, 0.3) is 17.0 Å². The molecular formula is C27H16F3NO4. The molecule has 35 heavy (non-hydrogen) atoms. The third kappa shape index (κ3) is 3.24. The summed E-state index contributed by atoms with van der Waals surface area (Å²) in [5.41, 5.74) is 2.34. The van der Waals surface area contributed by atoms with Gasteiger partial charge in [-0.1, -0.05) is 18.2 Å². The molecule has 0 spiro atoms. The number of fused-ring (bicyclic) bond motifs is 4. The predicted octanol–water partition coefficient (Wildman–Crippen LogP) is 5.65. The Balaban J connectivity index is 1.48. The number of nitrogens with zero attached hydrogens (tertiary/aromatic N) is 1. The maximum atomic E-state index is 14.0. The van der Waals surface area contributed by atoms with Crippen molar-refractivity contribution < 1.29 is 32.2 Å². The average molecular weight is 475 g/mol. The van der Waals surface area contributed by atoms with E-state index in [0.717, 1.165) is 28.6 Å². The number of ether oxygens (including phenoxy) is 2. The Labute approximate surface area is 197 Å². The van der Waals surface area contributed by atoms with Gasteiger partial charge in [0.1, 0.15) is 11.5 Å². The number of hydrogen-bond donors (Lipinski definition) is 0. The quantitative estimate of drug-likeness (QED) is 0.163. The first-order valence-corrected chi connectivity index (χ1v) is 10.8. The minimum Gasteiger partial charge on any atom is -0.452 e. The van der Waals surface area contributed by atoms with E-state index in [1.165, 1.54) is 12.1 Å². The fraction of sp³-hybridized carbons (Fsp3) is 0.111. The molecule has 0 bridgehead atoms. The van der Waals surface area contributed by atoms with E-state index in [-0.39, 0.29) is 40.6 Å². The SMILES string of the molecule is Cn1cc(/C=C2/Oc3c(ccc4c3C(c3cc(F)c(F)c(F)c3)CC(=O)O4)C2=O)c2ccccc21. The summed E-state index contributed by atoms with van der Waals surface area (Å²) in [6, 6.07) is 12.3. The van der Waals surface area contributed by atoms with E-state index in [1.807, 2.05) is 42.1 Å². The molecule has 5 nitrogen and oxygen atoms in total. The summed E-state index contributed by atoms with van der Waals surface area (Å²) in [5.74, 6) is -5.89. The number of para-hydroxylation sites is 1. The maximum Gasteiger partial charge on any atom is 0.312 e. The van der Waals surface area contributed by atoms with Gasteiger partial charge >= 0.3 is 5.97 Å². The second-order valence-electron chi connectivity index (χ2n) is 8.54. The van der Waals surface area contributed by atoms with Crippen LogP contribution in [0, 0.1) is 17.5 Å². The number of halogens is 3. The van der Waals surface area contributed by atoms with Crippen molar-refractivity contribution in [2.45, 2.75) is 12.3 Å². The Morgan fingerprint density at radius 1 is 1.00 bits per heavy atom. The number of allylic oxidation sites excluding steroid dienone is 1. The zero-order valence-electron chi connectivity index (χ0n) is 18.3. The molecule has 3 heterocycles. The number of ketones is 1. The third-order valence-corrected chi connectivity index (χ3v) is 6.40. The largest absolute Gasteiger partial charge is 0.452 e. The summed E-state index contributed by atoms with van der Waals surface area (Å²) in [5, 5.41) is 0.931. The summed E-state index contributed by atoms with van der Waals surface area (Å²) in [4.78, 5) is 25.5. The third-order valence-electron chi connectivity index (χ3n) is 6.40. The molecule has 8 heteroatoms. The number of Topliss-reactive ketones (excluding diaryl/α,β-unsaturated/α-hetero) is 1. The Bertz CT molecular complexity index is 1600. The van der Waals surface area contributed by atoms with Gasteiger partial charge in [0.2, 0.25) is 5.78 Å². The molecule has 0 amide bonds. The molecule has 0 saturated carbocycles. The van der Waals surface area contributed by atoms with Crippen LogP contribution < -0.4 is 9.47 Å². The fourth-order valence-electron chi connectivity index (χ4n) is 4.80. The van der Waals surface area contributed by atoms with Crippen molar-refractivity contribution >= 4 is 28.7 Å². The molecule has 1 atom stereocenters. The van der Waals surface area contributed by atoms with Crippen LogP contribution in [0.15, 0.2) is 60.5 Å². The van der Waals surface area contributed by atoms with Crippen LogP contribution in [0.5, 0.6) is 11.5 Å². The van der Waals surface area contributed by atoms with Crippen molar-refractivity contribution in [1.82, 2.24) is 4.57 Å². The van der Waals surface area contributed by atoms with Crippen LogP contribution in [-0.4, -0.2) is 16.3 Å². The molecule has 2 aliphatic rings. The van der Waals surface area contributed by atoms with Crippen molar-refractivity contribution in [3.05, 3.63) is 100 Å². The standard InChI is InChI=1S/C27H16F3NO4/c1-31-12-14(15-4-2-3-5-20(15)31)10-22-26(33)16-6-7-21-24(27(16)35-22)17(11-23(32)34-21)13-8-18(28)25(30)19(29)9-13/h2-10,12,17H,11H2,1H3/b22-10+. The summed E-state index contributed by atoms with van der Waals surface area (Å²) in [6.07, 6.45) is 3.26. The highest BCUT2D eigenvalue weighted by Crippen LogP contribution is 2.49. The number of rotatable bonds is 2. The first kappa shape index (κ1) is 21.2. The van der Waals surface area contributed by atoms with E-state index in [2.05, 4.69) is 0 Å². The summed E-state index contributed by atoms with van der Waals surface area (Å²) in [7, 11) is 1.90. The first-order valence-electron chi connectivity index (χ1n) is 10.8. The Kier molecular flexibility index (Phi) is 4.60. The smallest absolute Gasteiger partial charge is 0.312 e. The van der Waals surface area contributed by atoms with Gasteiger partial charge in [0.15, 0.2) is 23.2 Å². The van der Waals surface area contributed by atoms with Gasteiger partial charge in [0, 0.05) is 41.2 Å². The highest BCUT2D eigenvalue weighted by molar-refractivity contribution is 6.15. The second-order valence-corrected chi connectivity index (χ2v) is 8.54. The van der Waals surface area contributed by atoms with Gasteiger partial charge < -0.3 is 14.0 Å². The minimum absolute atomic E-state index is 0.0373. The Morgan fingerprint density at radius 3 is 2.51 bits per heavy atom. The molecule has 0 fully saturated rings. The topological polar surface area (TPSA) is 57.5 Å². The van der Waals surface area contributed by atoms with Gasteiger partial charge in [-0.3, -0.25) is 9.59 Å². The molecule has 6 rings (SSSR count). The van der Waals surface area contributed by atoms with Crippen LogP contribution in [-0.2, 0) is 11.8 Å². The number of carbonyl (C=O) groups is 2. The van der Waals surface area contributed by atoms with Gasteiger partial charge in [0.05, 0.1) is 12.0 Å². The molecule has 174 valence electrons. The zero-order valence-corrected chi connectivity index (χ0v) is 18.3. The Morgan fingerprint density at radius 2 is 1.74 bits per heavy atom. The normalized spacial score (nSPS) is 17.9. The van der Waals surface area contributed by atoms with Crippen LogP contribution in [0.4, 0.5) is 13.2 Å². The molecule has 0 N–H and O–H groups in total. The van der Waals surface area contributed by atoms with Gasteiger partial charge in [-0.05, 0) is 42.0 Å². The van der Waals surface area contributed by atoms with Crippen LogP contribution in [0.3, 0.4) is 0 Å². The number of aromatic nitrogens is 1. The monoisotopic (exact) mass is 475 g/mol. The molecule has 4 aromatic rings. The van der Waals surface area contributed by atoms with Gasteiger partial charge in [0.25, 0.3) is 0 Å². The average Bonchev–Trinajstić information content (AvgIpc) is 3.33. The number of benzene rings is 3. The maximum absolute atomic E-state index is 14.0. The number of hydrogen-bond acceptors (Lipinski definition) is 4. The van der Waals surface area contributed by atoms with E-state index in [4.69, 9.17) is 9.47 Å². The molecule has 0 radical (unpaired) electrons. The molecule has 2 aliphatic heterocycles. The molecule has 3 aromatic carbocycles. The lowest BCUT2D eigenvalue weighted by atomic mass is 9.84. The lowest BCUT2D eigenvalue weighted by Gasteiger charge is -2.26. The minimum atomic E-state index is -1.60. The van der Waals surface area contributed by atoms with Crippen LogP contribution >= 0.6 is 0 Å². The van der Waals surface area contributed by atoms with Crippen molar-refractivity contribution in [2.75, 3.05) is 0 Å². The lowest BCUT2D eigenvalue weighted by molar-refractivity contribution is -0.135. The van der Waals surface area contributed by atoms with Gasteiger partial charge in [-0.15, -0.1) is 0 Å². The molecule has 0 aliphatic carbocycles. The molecular weight excluding hydrogens is 459 g/mol.